The number of benzene rings is 2. The second-order valence-corrected chi connectivity index (χ2v) is 9.97. The first kappa shape index (κ1) is 20.2. The van der Waals surface area contributed by atoms with Crippen LogP contribution in [0.15, 0.2) is 69.5 Å². The molecule has 0 radical (unpaired) electrons. The van der Waals surface area contributed by atoms with Gasteiger partial charge in [0, 0.05) is 20.0 Å². The van der Waals surface area contributed by atoms with E-state index in [2.05, 4.69) is 72.8 Å². The Morgan fingerprint density at radius 2 is 1.90 bits per heavy atom. The fourth-order valence-corrected chi connectivity index (χ4v) is 5.51. The Kier molecular flexibility index (Phi) is 5.48. The highest BCUT2D eigenvalue weighted by molar-refractivity contribution is 7.99. The quantitative estimate of drug-likeness (QED) is 0.430. The lowest BCUT2D eigenvalue weighted by atomic mass is 10.1. The van der Waals surface area contributed by atoms with E-state index in [1.54, 1.807) is 23.1 Å². The van der Waals surface area contributed by atoms with Crippen molar-refractivity contribution < 1.29 is 4.84 Å². The Bertz CT molecular complexity index is 1300. The van der Waals surface area contributed by atoms with Gasteiger partial charge in [-0.2, -0.15) is 0 Å². The highest BCUT2D eigenvalue weighted by atomic mass is 32.2. The minimum Gasteiger partial charge on any atom is -0.272 e. The number of aromatic nitrogens is 2. The molecule has 31 heavy (non-hydrogen) atoms. The summed E-state index contributed by atoms with van der Waals surface area (Å²) in [4.78, 5) is 14.4. The molecule has 5 nitrogen and oxygen atoms in total. The van der Waals surface area contributed by atoms with Gasteiger partial charge >= 0.3 is 0 Å². The largest absolute Gasteiger partial charge is 0.272 e. The third kappa shape index (κ3) is 4.08. The van der Waals surface area contributed by atoms with Gasteiger partial charge in [0.05, 0.1) is 11.1 Å². The Hall–Kier alpha value is -2.74. The van der Waals surface area contributed by atoms with Crippen LogP contribution in [-0.2, 0) is 4.84 Å². The standard InChI is InChI=1S/C24H22N4OS2/c1-14-8-10-20(15(2)12-14)31-24-22(17-6-4-5-7-18(17)26-27-24)23-25-19(13-29-28-23)21-11-9-16(3)30-21/h4-12,19H,13H2,1-3H3,(H,25,28)/t19-/m1/s1. The molecule has 0 saturated heterocycles. The van der Waals surface area contributed by atoms with Crippen molar-refractivity contribution >= 4 is 39.8 Å². The van der Waals surface area contributed by atoms with Gasteiger partial charge in [-0.25, -0.2) is 5.48 Å². The highest BCUT2D eigenvalue weighted by Crippen LogP contribution is 2.35. The zero-order chi connectivity index (χ0) is 21.4. The second kappa shape index (κ2) is 8.42. The summed E-state index contributed by atoms with van der Waals surface area (Å²) in [5, 5.41) is 10.9. The molecular formula is C24H22N4OS2. The van der Waals surface area contributed by atoms with E-state index in [1.165, 1.54) is 20.9 Å². The van der Waals surface area contributed by atoms with E-state index < -0.39 is 0 Å². The van der Waals surface area contributed by atoms with Gasteiger partial charge in [0.15, 0.2) is 5.84 Å². The number of amidine groups is 1. The van der Waals surface area contributed by atoms with Crippen LogP contribution in [0.5, 0.6) is 0 Å². The van der Waals surface area contributed by atoms with Crippen molar-refractivity contribution in [2.45, 2.75) is 36.7 Å². The van der Waals surface area contributed by atoms with Gasteiger partial charge in [0.2, 0.25) is 0 Å². The van der Waals surface area contributed by atoms with Crippen molar-refractivity contribution in [2.24, 2.45) is 4.99 Å². The van der Waals surface area contributed by atoms with Crippen molar-refractivity contribution in [3.05, 3.63) is 81.0 Å². The maximum atomic E-state index is 5.77. The minimum atomic E-state index is -0.0409. The third-order valence-corrected chi connectivity index (χ3v) is 7.45. The van der Waals surface area contributed by atoms with Crippen LogP contribution in [0.4, 0.5) is 0 Å². The predicted molar refractivity (Wildman–Crippen MR) is 127 cm³/mol. The van der Waals surface area contributed by atoms with E-state index in [4.69, 9.17) is 9.83 Å². The molecule has 5 rings (SSSR count). The lowest BCUT2D eigenvalue weighted by Gasteiger charge is -2.23. The van der Waals surface area contributed by atoms with Gasteiger partial charge in [-0.05, 0) is 50.6 Å². The third-order valence-electron chi connectivity index (χ3n) is 5.19. The van der Waals surface area contributed by atoms with Crippen LogP contribution in [0.1, 0.15) is 32.5 Å². The molecule has 0 aliphatic carbocycles. The zero-order valence-electron chi connectivity index (χ0n) is 17.5. The molecule has 0 saturated carbocycles. The first-order valence-electron chi connectivity index (χ1n) is 10.1. The Morgan fingerprint density at radius 1 is 1.03 bits per heavy atom. The lowest BCUT2D eigenvalue weighted by molar-refractivity contribution is 0.0628. The van der Waals surface area contributed by atoms with E-state index in [0.717, 1.165) is 26.4 Å². The molecule has 3 heterocycles. The first-order valence-corrected chi connectivity index (χ1v) is 11.7. The van der Waals surface area contributed by atoms with Crippen LogP contribution in [-0.4, -0.2) is 22.6 Å². The molecule has 0 amide bonds. The molecule has 1 atom stereocenters. The molecule has 1 aliphatic rings. The van der Waals surface area contributed by atoms with Crippen molar-refractivity contribution in [3.63, 3.8) is 0 Å². The van der Waals surface area contributed by atoms with E-state index >= 15 is 0 Å². The van der Waals surface area contributed by atoms with Gasteiger partial charge in [-0.3, -0.25) is 9.83 Å². The zero-order valence-corrected chi connectivity index (χ0v) is 19.2. The topological polar surface area (TPSA) is 59.4 Å². The summed E-state index contributed by atoms with van der Waals surface area (Å²) in [5.74, 6) is 0.695. The molecule has 0 fully saturated rings. The Morgan fingerprint density at radius 3 is 2.71 bits per heavy atom. The number of aryl methyl sites for hydroxylation is 3. The Labute approximate surface area is 189 Å². The van der Waals surface area contributed by atoms with Crippen LogP contribution in [0, 0.1) is 20.8 Å². The van der Waals surface area contributed by atoms with Crippen LogP contribution in [0.25, 0.3) is 10.9 Å². The number of hydrogen-bond donors (Lipinski definition) is 1. The van der Waals surface area contributed by atoms with Gasteiger partial charge in [-0.1, -0.05) is 47.7 Å². The summed E-state index contributed by atoms with van der Waals surface area (Å²) in [7, 11) is 0. The molecule has 7 heteroatoms. The van der Waals surface area contributed by atoms with Crippen molar-refractivity contribution in [1.82, 2.24) is 15.7 Å². The molecule has 156 valence electrons. The molecule has 2 aromatic carbocycles. The van der Waals surface area contributed by atoms with E-state index in [9.17, 15) is 0 Å². The van der Waals surface area contributed by atoms with E-state index in [1.807, 2.05) is 18.2 Å². The molecule has 1 aliphatic heterocycles. The molecule has 1 N–H and O–H groups in total. The molecular weight excluding hydrogens is 424 g/mol. The maximum absolute atomic E-state index is 5.77. The first-order chi connectivity index (χ1) is 15.1. The SMILES string of the molecule is Cc1ccc(Sc2nnc3ccccc3c2C2=N[C@@H](c3ccc(C)s3)CON2)c(C)c1. The number of hydroxylamine groups is 1. The number of fused-ring (bicyclic) bond motifs is 1. The van der Waals surface area contributed by atoms with Gasteiger partial charge in [0.1, 0.15) is 17.7 Å². The lowest BCUT2D eigenvalue weighted by Crippen LogP contribution is -2.33. The number of nitrogens with one attached hydrogen (secondary N) is 1. The van der Waals surface area contributed by atoms with Crippen LogP contribution in [0.2, 0.25) is 0 Å². The Balaban J connectivity index is 1.63. The molecule has 0 unspecified atom stereocenters. The van der Waals surface area contributed by atoms with E-state index in [0.29, 0.717) is 12.4 Å². The van der Waals surface area contributed by atoms with Crippen LogP contribution >= 0.6 is 23.1 Å². The molecule has 0 spiro atoms. The van der Waals surface area contributed by atoms with Gasteiger partial charge in [-0.15, -0.1) is 21.5 Å². The monoisotopic (exact) mass is 446 g/mol. The van der Waals surface area contributed by atoms with E-state index in [-0.39, 0.29) is 6.04 Å². The maximum Gasteiger partial charge on any atom is 0.156 e. The molecule has 2 aromatic heterocycles. The number of aliphatic imine (C=N–C) groups is 1. The molecule has 4 aromatic rings. The summed E-state index contributed by atoms with van der Waals surface area (Å²) in [5.41, 5.74) is 7.27. The second-order valence-electron chi connectivity index (χ2n) is 7.62. The number of nitrogens with zero attached hydrogens (tertiary/aromatic N) is 3. The molecule has 0 bridgehead atoms. The average Bonchev–Trinajstić information content (AvgIpc) is 3.22. The van der Waals surface area contributed by atoms with Crippen LogP contribution < -0.4 is 5.48 Å². The fourth-order valence-electron chi connectivity index (χ4n) is 3.66. The number of thiophene rings is 1. The summed E-state index contributed by atoms with van der Waals surface area (Å²) in [6, 6.07) is 18.7. The van der Waals surface area contributed by atoms with Crippen molar-refractivity contribution in [3.8, 4) is 0 Å². The predicted octanol–water partition coefficient (Wildman–Crippen LogP) is 5.79. The summed E-state index contributed by atoms with van der Waals surface area (Å²) in [6.45, 7) is 6.84. The summed E-state index contributed by atoms with van der Waals surface area (Å²) in [6.07, 6.45) is 0. The smallest absolute Gasteiger partial charge is 0.156 e. The van der Waals surface area contributed by atoms with Gasteiger partial charge < -0.3 is 0 Å². The van der Waals surface area contributed by atoms with Gasteiger partial charge in [0.25, 0.3) is 0 Å². The van der Waals surface area contributed by atoms with Crippen molar-refractivity contribution in [1.29, 1.82) is 0 Å². The minimum absolute atomic E-state index is 0.0409. The highest BCUT2D eigenvalue weighted by Gasteiger charge is 2.24. The number of hydrogen-bond acceptors (Lipinski definition) is 7. The summed E-state index contributed by atoms with van der Waals surface area (Å²) >= 11 is 3.37. The summed E-state index contributed by atoms with van der Waals surface area (Å²) < 4.78 is 0. The normalized spacial score (nSPS) is 16.2. The average molecular weight is 447 g/mol. The fraction of sp³-hybridized carbons (Fsp3) is 0.208. The van der Waals surface area contributed by atoms with Crippen LogP contribution in [0.3, 0.4) is 0 Å². The van der Waals surface area contributed by atoms with Crippen molar-refractivity contribution in [2.75, 3.05) is 6.61 Å². The number of rotatable bonds is 4.